The molecule has 0 saturated heterocycles. The van der Waals surface area contributed by atoms with Gasteiger partial charge >= 0.3 is 0 Å². The number of aliphatic hydroxyl groups is 1. The summed E-state index contributed by atoms with van der Waals surface area (Å²) in [5.41, 5.74) is 4.15. The highest BCUT2D eigenvalue weighted by Gasteiger charge is 2.37. The Balaban J connectivity index is 1.06. The smallest absolute Gasteiger partial charge is 0.211 e. The number of aromatic nitrogens is 5. The maximum absolute atomic E-state index is 12.7. The molecule has 42 heavy (non-hydrogen) atoms. The molecule has 0 amide bonds. The highest BCUT2D eigenvalue weighted by atomic mass is 32.2. The van der Waals surface area contributed by atoms with Gasteiger partial charge in [-0.15, -0.1) is 0 Å². The lowest BCUT2D eigenvalue weighted by Gasteiger charge is -2.23. The number of aromatic amines is 1. The fourth-order valence-corrected chi connectivity index (χ4v) is 7.17. The summed E-state index contributed by atoms with van der Waals surface area (Å²) in [5, 5.41) is 15.5. The number of benzene rings is 1. The molecule has 2 fully saturated rings. The van der Waals surface area contributed by atoms with Gasteiger partial charge in [-0.25, -0.2) is 27.7 Å². The first-order valence-corrected chi connectivity index (χ1v) is 17.0. The highest BCUT2D eigenvalue weighted by molar-refractivity contribution is 7.88. The molecule has 11 heteroatoms. The molecule has 0 spiro atoms. The van der Waals surface area contributed by atoms with E-state index in [0.29, 0.717) is 32.0 Å². The molecule has 4 aromatic rings. The van der Waals surface area contributed by atoms with Crippen LogP contribution in [0.5, 0.6) is 0 Å². The van der Waals surface area contributed by atoms with Crippen LogP contribution in [0, 0.1) is 5.92 Å². The average Bonchev–Trinajstić information content (AvgIpc) is 3.31. The lowest BCUT2D eigenvalue weighted by molar-refractivity contribution is 0.135. The van der Waals surface area contributed by atoms with E-state index in [1.165, 1.54) is 11.8 Å². The van der Waals surface area contributed by atoms with E-state index in [9.17, 15) is 13.5 Å². The Kier molecular flexibility index (Phi) is 7.78. The number of nitrogens with zero attached hydrogens (tertiary/aromatic N) is 5. The van der Waals surface area contributed by atoms with Gasteiger partial charge in [0.05, 0.1) is 34.8 Å². The molecule has 6 rings (SSSR count). The largest absolute Gasteiger partial charge is 0.391 e. The minimum absolute atomic E-state index is 0.0652. The van der Waals surface area contributed by atoms with Crippen molar-refractivity contribution in [2.24, 2.45) is 5.92 Å². The summed E-state index contributed by atoms with van der Waals surface area (Å²) in [7, 11) is -3.38. The number of H-pyrrole nitrogens is 1. The van der Waals surface area contributed by atoms with Crippen molar-refractivity contribution in [3.63, 3.8) is 0 Å². The summed E-state index contributed by atoms with van der Waals surface area (Å²) in [6, 6.07) is 8.72. The van der Waals surface area contributed by atoms with Crippen LogP contribution in [0.2, 0.25) is 0 Å². The second-order valence-electron chi connectivity index (χ2n) is 13.3. The van der Waals surface area contributed by atoms with Crippen molar-refractivity contribution in [1.29, 1.82) is 0 Å². The molecule has 2 unspecified atom stereocenters. The first-order valence-electron chi connectivity index (χ1n) is 15.2. The number of sulfonamides is 1. The van der Waals surface area contributed by atoms with Gasteiger partial charge in [0.25, 0.3) is 0 Å². The van der Waals surface area contributed by atoms with Gasteiger partial charge in [-0.05, 0) is 73.6 Å². The van der Waals surface area contributed by atoms with Gasteiger partial charge in [-0.2, -0.15) is 0 Å². The van der Waals surface area contributed by atoms with Crippen LogP contribution in [-0.2, 0) is 21.9 Å². The molecular weight excluding hydrogens is 550 g/mol. The van der Waals surface area contributed by atoms with Gasteiger partial charge in [0.15, 0.2) is 0 Å². The fraction of sp³-hybridized carbons (Fsp3) is 0.581. The predicted molar refractivity (Wildman–Crippen MR) is 166 cm³/mol. The number of rotatable bonds is 11. The molecule has 2 aliphatic rings. The third-order valence-corrected chi connectivity index (χ3v) is 10.0. The van der Waals surface area contributed by atoms with Crippen molar-refractivity contribution in [3.8, 4) is 0 Å². The van der Waals surface area contributed by atoms with Gasteiger partial charge in [0.1, 0.15) is 23.6 Å². The number of anilines is 1. The third kappa shape index (κ3) is 6.33. The standard InChI is InChI=1S/C31H43N7O3S/c1-31(2,3)21-8-11-24-25(17-21)36-28(35-24)7-5-6-13-37(42(4,40)41)18-20-15-26(27(39)16-20)38-14-12-23-29(34-22-9-10-22)32-19-33-30(23)38/h8,11-12,14,17,19-20,22,26-27,39H,5-7,9-10,13,15-16,18H2,1-4H3,(H,35,36)(H,32,33,34)/t20?,26-,27?/m1/s1. The number of nitrogens with one attached hydrogen (secondary N) is 2. The number of imidazole rings is 1. The number of aliphatic hydroxyl groups excluding tert-OH is 1. The average molecular weight is 594 g/mol. The quantitative estimate of drug-likeness (QED) is 0.214. The minimum Gasteiger partial charge on any atom is -0.391 e. The van der Waals surface area contributed by atoms with Crippen LogP contribution in [0.15, 0.2) is 36.8 Å². The van der Waals surface area contributed by atoms with E-state index in [1.54, 1.807) is 10.6 Å². The Bertz CT molecular complexity index is 1670. The van der Waals surface area contributed by atoms with Crippen LogP contribution >= 0.6 is 0 Å². The molecule has 226 valence electrons. The Hall–Kier alpha value is -3.02. The summed E-state index contributed by atoms with van der Waals surface area (Å²) >= 11 is 0. The molecule has 0 aliphatic heterocycles. The molecular formula is C31H43N7O3S. The molecule has 3 heterocycles. The first-order chi connectivity index (χ1) is 20.0. The van der Waals surface area contributed by atoms with E-state index >= 15 is 0 Å². The Labute approximate surface area is 248 Å². The van der Waals surface area contributed by atoms with E-state index < -0.39 is 16.1 Å². The molecule has 3 aromatic heterocycles. The minimum atomic E-state index is -3.38. The second kappa shape index (κ2) is 11.2. The molecule has 0 radical (unpaired) electrons. The Morgan fingerprint density at radius 1 is 1.14 bits per heavy atom. The molecule has 3 atom stereocenters. The summed E-state index contributed by atoms with van der Waals surface area (Å²) in [5.74, 6) is 1.84. The van der Waals surface area contributed by atoms with Gasteiger partial charge in [0, 0.05) is 31.7 Å². The van der Waals surface area contributed by atoms with Crippen LogP contribution in [0.25, 0.3) is 22.1 Å². The molecule has 0 bridgehead atoms. The molecule has 3 N–H and O–H groups in total. The summed E-state index contributed by atoms with van der Waals surface area (Å²) in [4.78, 5) is 17.1. The number of hydrogen-bond donors (Lipinski definition) is 3. The number of fused-ring (bicyclic) bond motifs is 2. The van der Waals surface area contributed by atoms with Crippen LogP contribution < -0.4 is 5.32 Å². The van der Waals surface area contributed by atoms with Gasteiger partial charge in [-0.3, -0.25) is 0 Å². The van der Waals surface area contributed by atoms with Gasteiger partial charge in [0.2, 0.25) is 10.0 Å². The van der Waals surface area contributed by atoms with Crippen molar-refractivity contribution in [2.45, 2.75) is 89.3 Å². The van der Waals surface area contributed by atoms with E-state index in [1.807, 2.05) is 16.8 Å². The SMILES string of the molecule is CC(C)(C)c1ccc2nc(CCCCN(CC3CC(O)[C@H](n4ccc5c(NC6CC6)ncnc54)C3)S(C)(=O)=O)[nH]c2c1. The Morgan fingerprint density at radius 3 is 2.69 bits per heavy atom. The number of unbranched alkanes of at least 4 members (excludes halogenated alkanes) is 1. The van der Waals surface area contributed by atoms with Crippen molar-refractivity contribution in [3.05, 3.63) is 48.2 Å². The predicted octanol–water partition coefficient (Wildman–Crippen LogP) is 4.78. The maximum atomic E-state index is 12.7. The van der Waals surface area contributed by atoms with Crippen LogP contribution in [0.4, 0.5) is 5.82 Å². The van der Waals surface area contributed by atoms with Crippen LogP contribution in [0.1, 0.15) is 76.7 Å². The molecule has 1 aromatic carbocycles. The van der Waals surface area contributed by atoms with E-state index in [2.05, 4.69) is 59.2 Å². The zero-order chi connectivity index (χ0) is 29.6. The second-order valence-corrected chi connectivity index (χ2v) is 15.3. The van der Waals surface area contributed by atoms with Gasteiger partial charge < -0.3 is 20.0 Å². The Morgan fingerprint density at radius 2 is 1.95 bits per heavy atom. The lowest BCUT2D eigenvalue weighted by Crippen LogP contribution is -2.35. The van der Waals surface area contributed by atoms with Gasteiger partial charge in [-0.1, -0.05) is 26.8 Å². The van der Waals surface area contributed by atoms with E-state index in [4.69, 9.17) is 4.98 Å². The zero-order valence-electron chi connectivity index (χ0n) is 25.0. The summed E-state index contributed by atoms with van der Waals surface area (Å²) in [6.07, 6.45) is 10.2. The third-order valence-electron chi connectivity index (χ3n) is 8.78. The maximum Gasteiger partial charge on any atom is 0.211 e. The van der Waals surface area contributed by atoms with Crippen LogP contribution in [-0.4, -0.2) is 73.8 Å². The zero-order valence-corrected chi connectivity index (χ0v) is 25.9. The first kappa shape index (κ1) is 29.1. The fourth-order valence-electron chi connectivity index (χ4n) is 6.22. The molecule has 10 nitrogen and oxygen atoms in total. The highest BCUT2D eigenvalue weighted by Crippen LogP contribution is 2.38. The summed E-state index contributed by atoms with van der Waals surface area (Å²) < 4.78 is 29.1. The van der Waals surface area contributed by atoms with Crippen LogP contribution in [0.3, 0.4) is 0 Å². The number of aryl methyl sites for hydroxylation is 1. The van der Waals surface area contributed by atoms with Crippen molar-refractivity contribution in [2.75, 3.05) is 24.7 Å². The normalized spacial score (nSPS) is 21.6. The monoisotopic (exact) mass is 593 g/mol. The topological polar surface area (TPSA) is 129 Å². The lowest BCUT2D eigenvalue weighted by atomic mass is 9.87. The van der Waals surface area contributed by atoms with E-state index in [-0.39, 0.29) is 17.4 Å². The number of hydrogen-bond acceptors (Lipinski definition) is 7. The summed E-state index contributed by atoms with van der Waals surface area (Å²) in [6.45, 7) is 7.47. The van der Waals surface area contributed by atoms with Crippen molar-refractivity contribution >= 4 is 37.9 Å². The molecule has 2 saturated carbocycles. The molecule has 2 aliphatic carbocycles. The van der Waals surface area contributed by atoms with Crippen molar-refractivity contribution in [1.82, 2.24) is 28.8 Å². The van der Waals surface area contributed by atoms with E-state index in [0.717, 1.165) is 65.8 Å². The van der Waals surface area contributed by atoms with Crippen molar-refractivity contribution < 1.29 is 13.5 Å².